The van der Waals surface area contributed by atoms with Crippen molar-refractivity contribution in [2.24, 2.45) is 0 Å². The van der Waals surface area contributed by atoms with Gasteiger partial charge in [-0.2, -0.15) is 0 Å². The van der Waals surface area contributed by atoms with E-state index >= 15 is 0 Å². The molecule has 0 aliphatic rings. The highest BCUT2D eigenvalue weighted by Gasteiger charge is 2.13. The highest BCUT2D eigenvalue weighted by atomic mass is 16.3. The van der Waals surface area contributed by atoms with E-state index in [4.69, 9.17) is 4.98 Å². The van der Waals surface area contributed by atoms with Crippen LogP contribution in [0.1, 0.15) is 5.56 Å². The fraction of sp³-hybridized carbons (Fsp3) is 0.0500. The van der Waals surface area contributed by atoms with Gasteiger partial charge in [0.2, 0.25) is 0 Å². The molecule has 0 aliphatic carbocycles. The second kappa shape index (κ2) is 5.74. The van der Waals surface area contributed by atoms with Gasteiger partial charge in [-0.25, -0.2) is 4.98 Å². The lowest BCUT2D eigenvalue weighted by molar-refractivity contribution is 0.475. The highest BCUT2D eigenvalue weighted by Crippen LogP contribution is 2.29. The average Bonchev–Trinajstić information content (AvgIpc) is 2.94. The zero-order valence-corrected chi connectivity index (χ0v) is 12.9. The summed E-state index contributed by atoms with van der Waals surface area (Å²) in [7, 11) is 0. The van der Waals surface area contributed by atoms with Crippen LogP contribution in [0.4, 0.5) is 0 Å². The molecular formula is C20H16N2O2. The Morgan fingerprint density at radius 1 is 0.792 bits per heavy atom. The molecule has 1 heterocycles. The maximum Gasteiger partial charge on any atom is 0.141 e. The van der Waals surface area contributed by atoms with Crippen molar-refractivity contribution >= 4 is 11.0 Å². The molecule has 0 fully saturated rings. The number of hydrogen-bond donors (Lipinski definition) is 2. The highest BCUT2D eigenvalue weighted by molar-refractivity contribution is 5.82. The predicted molar refractivity (Wildman–Crippen MR) is 94.0 cm³/mol. The van der Waals surface area contributed by atoms with Crippen LogP contribution in [0.5, 0.6) is 11.5 Å². The summed E-state index contributed by atoms with van der Waals surface area (Å²) in [4.78, 5) is 4.69. The molecule has 0 aliphatic heterocycles. The van der Waals surface area contributed by atoms with Crippen LogP contribution in [0.3, 0.4) is 0 Å². The molecule has 0 unspecified atom stereocenters. The van der Waals surface area contributed by atoms with Gasteiger partial charge in [0.25, 0.3) is 0 Å². The average molecular weight is 316 g/mol. The van der Waals surface area contributed by atoms with Crippen molar-refractivity contribution in [2.75, 3.05) is 0 Å². The molecule has 0 radical (unpaired) electrons. The van der Waals surface area contributed by atoms with E-state index in [0.29, 0.717) is 6.54 Å². The Hall–Kier alpha value is -3.27. The van der Waals surface area contributed by atoms with Gasteiger partial charge in [-0.15, -0.1) is 0 Å². The van der Waals surface area contributed by atoms with Gasteiger partial charge in [0.1, 0.15) is 17.3 Å². The molecule has 0 bridgehead atoms. The van der Waals surface area contributed by atoms with Gasteiger partial charge >= 0.3 is 0 Å². The third kappa shape index (κ3) is 2.58. The number of aromatic nitrogens is 2. The molecule has 0 spiro atoms. The van der Waals surface area contributed by atoms with E-state index in [2.05, 4.69) is 16.7 Å². The summed E-state index contributed by atoms with van der Waals surface area (Å²) in [6.45, 7) is 0.679. The molecule has 0 atom stereocenters. The summed E-state index contributed by atoms with van der Waals surface area (Å²) in [6.07, 6.45) is 0. The first-order valence-corrected chi connectivity index (χ1v) is 7.73. The minimum absolute atomic E-state index is 0.198. The molecule has 0 amide bonds. The Morgan fingerprint density at radius 2 is 1.50 bits per heavy atom. The summed E-state index contributed by atoms with van der Waals surface area (Å²) in [6, 6.07) is 22.4. The molecular weight excluding hydrogens is 300 g/mol. The van der Waals surface area contributed by atoms with Gasteiger partial charge in [-0.05, 0) is 42.0 Å². The molecule has 118 valence electrons. The minimum atomic E-state index is 0.198. The van der Waals surface area contributed by atoms with Crippen LogP contribution in [0.2, 0.25) is 0 Å². The van der Waals surface area contributed by atoms with Crippen molar-refractivity contribution in [2.45, 2.75) is 6.54 Å². The second-order valence-electron chi connectivity index (χ2n) is 5.73. The number of nitrogens with zero attached hydrogens (tertiary/aromatic N) is 2. The Balaban J connectivity index is 1.91. The molecule has 1 aromatic heterocycles. The lowest BCUT2D eigenvalue weighted by Crippen LogP contribution is -2.02. The Labute approximate surface area is 139 Å². The molecule has 3 aromatic carbocycles. The van der Waals surface area contributed by atoms with Gasteiger partial charge in [-0.1, -0.05) is 30.3 Å². The van der Waals surface area contributed by atoms with Gasteiger partial charge in [-0.3, -0.25) is 0 Å². The van der Waals surface area contributed by atoms with E-state index in [9.17, 15) is 10.2 Å². The number of fused-ring (bicyclic) bond motifs is 1. The van der Waals surface area contributed by atoms with Crippen LogP contribution in [-0.4, -0.2) is 19.8 Å². The third-order valence-electron chi connectivity index (χ3n) is 4.04. The number of benzene rings is 3. The zero-order chi connectivity index (χ0) is 16.5. The number of phenols is 2. The van der Waals surface area contributed by atoms with E-state index in [1.54, 1.807) is 24.3 Å². The first-order chi connectivity index (χ1) is 11.7. The molecule has 2 N–H and O–H groups in total. The monoisotopic (exact) mass is 316 g/mol. The summed E-state index contributed by atoms with van der Waals surface area (Å²) in [5.74, 6) is 1.23. The molecule has 0 saturated heterocycles. The van der Waals surface area contributed by atoms with Gasteiger partial charge in [0.15, 0.2) is 0 Å². The molecule has 4 rings (SSSR count). The topological polar surface area (TPSA) is 58.3 Å². The second-order valence-corrected chi connectivity index (χ2v) is 5.73. The largest absolute Gasteiger partial charge is 0.508 e. The Bertz CT molecular complexity index is 990. The molecule has 4 heteroatoms. The van der Waals surface area contributed by atoms with Gasteiger partial charge < -0.3 is 14.8 Å². The van der Waals surface area contributed by atoms with Crippen LogP contribution in [0.25, 0.3) is 22.4 Å². The normalized spacial score (nSPS) is 11.0. The van der Waals surface area contributed by atoms with Crippen molar-refractivity contribution in [3.63, 3.8) is 0 Å². The van der Waals surface area contributed by atoms with Crippen molar-refractivity contribution in [3.05, 3.63) is 78.4 Å². The van der Waals surface area contributed by atoms with Crippen LogP contribution in [0.15, 0.2) is 72.8 Å². The summed E-state index contributed by atoms with van der Waals surface area (Å²) >= 11 is 0. The number of phenolic OH excluding ortho intramolecular Hbond substituents is 2. The Morgan fingerprint density at radius 3 is 2.25 bits per heavy atom. The number of imidazole rings is 1. The van der Waals surface area contributed by atoms with Crippen molar-refractivity contribution in [1.29, 1.82) is 0 Å². The third-order valence-corrected chi connectivity index (χ3v) is 4.04. The van der Waals surface area contributed by atoms with Crippen LogP contribution in [-0.2, 0) is 6.54 Å². The smallest absolute Gasteiger partial charge is 0.141 e. The minimum Gasteiger partial charge on any atom is -0.508 e. The maximum absolute atomic E-state index is 9.74. The summed E-state index contributed by atoms with van der Waals surface area (Å²) in [5, 5.41) is 19.3. The van der Waals surface area contributed by atoms with Crippen molar-refractivity contribution in [3.8, 4) is 22.9 Å². The number of rotatable bonds is 3. The number of aromatic hydroxyl groups is 2. The van der Waals surface area contributed by atoms with E-state index in [1.807, 2.05) is 36.4 Å². The van der Waals surface area contributed by atoms with Gasteiger partial charge in [0.05, 0.1) is 11.0 Å². The number of hydrogen-bond acceptors (Lipinski definition) is 3. The van der Waals surface area contributed by atoms with Crippen LogP contribution < -0.4 is 0 Å². The lowest BCUT2D eigenvalue weighted by atomic mass is 10.2. The van der Waals surface area contributed by atoms with Crippen LogP contribution >= 0.6 is 0 Å². The van der Waals surface area contributed by atoms with E-state index in [1.165, 1.54) is 5.56 Å². The standard InChI is InChI=1S/C20H16N2O2/c23-16-8-6-15(7-9-16)20-21-18-12-17(24)10-11-19(18)22(20)13-14-4-2-1-3-5-14/h1-12,23-24H,13H2. The van der Waals surface area contributed by atoms with Crippen LogP contribution in [0, 0.1) is 0 Å². The zero-order valence-electron chi connectivity index (χ0n) is 12.9. The lowest BCUT2D eigenvalue weighted by Gasteiger charge is -2.10. The van der Waals surface area contributed by atoms with E-state index in [0.717, 1.165) is 22.4 Å². The quantitative estimate of drug-likeness (QED) is 0.596. The van der Waals surface area contributed by atoms with Crippen molar-refractivity contribution in [1.82, 2.24) is 9.55 Å². The SMILES string of the molecule is Oc1ccc(-c2nc3cc(O)ccc3n2Cc2ccccc2)cc1. The summed E-state index contributed by atoms with van der Waals surface area (Å²) in [5.41, 5.74) is 3.79. The summed E-state index contributed by atoms with van der Waals surface area (Å²) < 4.78 is 2.12. The molecule has 24 heavy (non-hydrogen) atoms. The van der Waals surface area contributed by atoms with Crippen molar-refractivity contribution < 1.29 is 10.2 Å². The molecule has 0 saturated carbocycles. The predicted octanol–water partition coefficient (Wildman–Crippen LogP) is 4.16. The Kier molecular flexibility index (Phi) is 3.43. The first-order valence-electron chi connectivity index (χ1n) is 7.73. The fourth-order valence-electron chi connectivity index (χ4n) is 2.88. The van der Waals surface area contributed by atoms with E-state index < -0.39 is 0 Å². The molecule has 4 nitrogen and oxygen atoms in total. The van der Waals surface area contributed by atoms with E-state index in [-0.39, 0.29) is 11.5 Å². The maximum atomic E-state index is 9.74. The molecule has 4 aromatic rings. The van der Waals surface area contributed by atoms with Gasteiger partial charge in [0, 0.05) is 18.2 Å². The first kappa shape index (κ1) is 14.3. The fourth-order valence-corrected chi connectivity index (χ4v) is 2.88.